The van der Waals surface area contributed by atoms with Gasteiger partial charge in [0.2, 0.25) is 5.78 Å². The van der Waals surface area contributed by atoms with Crippen LogP contribution in [0.15, 0.2) is 30.4 Å². The van der Waals surface area contributed by atoms with Crippen molar-refractivity contribution in [2.24, 2.45) is 0 Å². The molecule has 0 bridgehead atoms. The van der Waals surface area contributed by atoms with Gasteiger partial charge >= 0.3 is 5.97 Å². The van der Waals surface area contributed by atoms with E-state index in [9.17, 15) is 14.4 Å². The van der Waals surface area contributed by atoms with Gasteiger partial charge in [-0.05, 0) is 25.1 Å². The molecule has 0 fully saturated rings. The van der Waals surface area contributed by atoms with Crippen LogP contribution in [-0.2, 0) is 9.59 Å². The highest BCUT2D eigenvalue weighted by Gasteiger charge is 2.16. The van der Waals surface area contributed by atoms with Crippen molar-refractivity contribution >= 4 is 17.5 Å². The number of esters is 1. The van der Waals surface area contributed by atoms with Gasteiger partial charge < -0.3 is 9.47 Å². The summed E-state index contributed by atoms with van der Waals surface area (Å²) in [5.74, 6) is -1.44. The average Bonchev–Trinajstić information content (AvgIpc) is 2.37. The molecule has 100 valence electrons. The fourth-order valence-corrected chi connectivity index (χ4v) is 1.28. The third kappa shape index (κ3) is 3.51. The van der Waals surface area contributed by atoms with Crippen molar-refractivity contribution in [3.8, 4) is 11.5 Å². The molecule has 0 amide bonds. The van der Waals surface area contributed by atoms with Crippen molar-refractivity contribution in [1.29, 1.82) is 0 Å². The molecule has 1 aromatic carbocycles. The third-order valence-corrected chi connectivity index (χ3v) is 2.30. The van der Waals surface area contributed by atoms with Crippen LogP contribution in [-0.4, -0.2) is 24.6 Å². The SMILES string of the molecule is C=C(C)C(=O)Oc1ccc(C(=O)C(C)=O)cc1OC. The maximum absolute atomic E-state index is 11.5. The smallest absolute Gasteiger partial charge is 0.338 e. The number of carbonyl (C=O) groups is 3. The molecule has 0 radical (unpaired) electrons. The van der Waals surface area contributed by atoms with Crippen molar-refractivity contribution in [3.63, 3.8) is 0 Å². The van der Waals surface area contributed by atoms with E-state index in [-0.39, 0.29) is 22.6 Å². The van der Waals surface area contributed by atoms with Crippen LogP contribution in [0.3, 0.4) is 0 Å². The van der Waals surface area contributed by atoms with Gasteiger partial charge in [-0.1, -0.05) is 6.58 Å². The summed E-state index contributed by atoms with van der Waals surface area (Å²) in [7, 11) is 1.37. The van der Waals surface area contributed by atoms with Crippen molar-refractivity contribution in [2.75, 3.05) is 7.11 Å². The van der Waals surface area contributed by atoms with Crippen LogP contribution in [0.1, 0.15) is 24.2 Å². The molecule has 0 N–H and O–H groups in total. The highest BCUT2D eigenvalue weighted by atomic mass is 16.6. The van der Waals surface area contributed by atoms with Crippen LogP contribution in [0, 0.1) is 0 Å². The minimum atomic E-state index is -0.629. The minimum Gasteiger partial charge on any atom is -0.493 e. The van der Waals surface area contributed by atoms with Gasteiger partial charge in [0.15, 0.2) is 17.3 Å². The number of Topliss-reactive ketones (excluding diaryl/α,β-unsaturated/α-hetero) is 2. The van der Waals surface area contributed by atoms with E-state index >= 15 is 0 Å². The Morgan fingerprint density at radius 3 is 2.21 bits per heavy atom. The summed E-state index contributed by atoms with van der Waals surface area (Å²) in [4.78, 5) is 33.9. The Bertz CT molecular complexity index is 557. The largest absolute Gasteiger partial charge is 0.493 e. The Balaban J connectivity index is 3.10. The lowest BCUT2D eigenvalue weighted by atomic mass is 10.1. The molecule has 0 aliphatic carbocycles. The van der Waals surface area contributed by atoms with Gasteiger partial charge in [-0.3, -0.25) is 9.59 Å². The number of rotatable bonds is 5. The van der Waals surface area contributed by atoms with Gasteiger partial charge in [-0.25, -0.2) is 4.79 Å². The van der Waals surface area contributed by atoms with E-state index in [1.54, 1.807) is 0 Å². The van der Waals surface area contributed by atoms with E-state index in [4.69, 9.17) is 9.47 Å². The average molecular weight is 262 g/mol. The second kappa shape index (κ2) is 5.95. The summed E-state index contributed by atoms with van der Waals surface area (Å²) in [5.41, 5.74) is 0.422. The lowest BCUT2D eigenvalue weighted by Crippen LogP contribution is -2.12. The fraction of sp³-hybridized carbons (Fsp3) is 0.214. The van der Waals surface area contributed by atoms with Crippen LogP contribution < -0.4 is 9.47 Å². The molecule has 0 aromatic heterocycles. The highest BCUT2D eigenvalue weighted by Crippen LogP contribution is 2.28. The predicted octanol–water partition coefficient (Wildman–Crippen LogP) is 1.95. The molecular weight excluding hydrogens is 248 g/mol. The van der Waals surface area contributed by atoms with Gasteiger partial charge in [-0.15, -0.1) is 0 Å². The molecule has 5 heteroatoms. The van der Waals surface area contributed by atoms with E-state index in [2.05, 4.69) is 6.58 Å². The zero-order valence-corrected chi connectivity index (χ0v) is 11.0. The van der Waals surface area contributed by atoms with E-state index < -0.39 is 17.5 Å². The molecule has 1 rings (SSSR count). The zero-order chi connectivity index (χ0) is 14.6. The molecule has 19 heavy (non-hydrogen) atoms. The fourth-order valence-electron chi connectivity index (χ4n) is 1.28. The Kier molecular flexibility index (Phi) is 4.58. The normalized spacial score (nSPS) is 9.63. The van der Waals surface area contributed by atoms with Crippen molar-refractivity contribution in [3.05, 3.63) is 35.9 Å². The zero-order valence-electron chi connectivity index (χ0n) is 11.0. The number of carbonyl (C=O) groups excluding carboxylic acids is 3. The van der Waals surface area contributed by atoms with Gasteiger partial charge in [0.05, 0.1) is 7.11 Å². The summed E-state index contributed by atoms with van der Waals surface area (Å²) >= 11 is 0. The summed E-state index contributed by atoms with van der Waals surface area (Å²) in [6, 6.07) is 4.15. The summed E-state index contributed by atoms with van der Waals surface area (Å²) in [6.45, 7) is 6.16. The van der Waals surface area contributed by atoms with Gasteiger partial charge in [0.1, 0.15) is 0 Å². The number of methoxy groups -OCH3 is 1. The first-order valence-electron chi connectivity index (χ1n) is 5.47. The number of benzene rings is 1. The number of hydrogen-bond acceptors (Lipinski definition) is 5. The van der Waals surface area contributed by atoms with E-state index in [0.717, 1.165) is 0 Å². The van der Waals surface area contributed by atoms with Gasteiger partial charge in [0, 0.05) is 18.1 Å². The molecule has 0 saturated heterocycles. The second-order valence-corrected chi connectivity index (χ2v) is 3.92. The first-order chi connectivity index (χ1) is 8.86. The Hall–Kier alpha value is -2.43. The second-order valence-electron chi connectivity index (χ2n) is 3.92. The van der Waals surface area contributed by atoms with Crippen LogP contribution in [0.5, 0.6) is 11.5 Å². The van der Waals surface area contributed by atoms with E-state index in [1.165, 1.54) is 39.2 Å². The molecule has 5 nitrogen and oxygen atoms in total. The third-order valence-electron chi connectivity index (χ3n) is 2.30. The van der Waals surface area contributed by atoms with E-state index in [0.29, 0.717) is 0 Å². The molecule has 0 atom stereocenters. The van der Waals surface area contributed by atoms with Crippen LogP contribution >= 0.6 is 0 Å². The molecule has 1 aromatic rings. The van der Waals surface area contributed by atoms with Crippen molar-refractivity contribution in [1.82, 2.24) is 0 Å². The van der Waals surface area contributed by atoms with Gasteiger partial charge in [0.25, 0.3) is 0 Å². The molecular formula is C14H14O5. The Morgan fingerprint density at radius 1 is 1.11 bits per heavy atom. The molecule has 0 aliphatic heterocycles. The molecule has 0 saturated carbocycles. The number of hydrogen-bond donors (Lipinski definition) is 0. The monoisotopic (exact) mass is 262 g/mol. The minimum absolute atomic E-state index is 0.163. The number of ketones is 2. The van der Waals surface area contributed by atoms with Gasteiger partial charge in [-0.2, -0.15) is 0 Å². The first kappa shape index (κ1) is 14.6. The lowest BCUT2D eigenvalue weighted by molar-refractivity contribution is -0.130. The van der Waals surface area contributed by atoms with Crippen LogP contribution in [0.2, 0.25) is 0 Å². The summed E-state index contributed by atoms with van der Waals surface area (Å²) in [5, 5.41) is 0. The molecule has 0 aliphatic rings. The number of ether oxygens (including phenoxy) is 2. The van der Waals surface area contributed by atoms with Crippen LogP contribution in [0.25, 0.3) is 0 Å². The van der Waals surface area contributed by atoms with Crippen molar-refractivity contribution in [2.45, 2.75) is 13.8 Å². The maximum Gasteiger partial charge on any atom is 0.338 e. The Morgan fingerprint density at radius 2 is 1.74 bits per heavy atom. The predicted molar refractivity (Wildman–Crippen MR) is 68.5 cm³/mol. The highest BCUT2D eigenvalue weighted by molar-refractivity contribution is 6.42. The van der Waals surface area contributed by atoms with Crippen molar-refractivity contribution < 1.29 is 23.9 Å². The molecule has 0 unspecified atom stereocenters. The first-order valence-corrected chi connectivity index (χ1v) is 5.47. The maximum atomic E-state index is 11.5. The Labute approximate surface area is 110 Å². The van der Waals surface area contributed by atoms with Crippen LogP contribution in [0.4, 0.5) is 0 Å². The van der Waals surface area contributed by atoms with E-state index in [1.807, 2.05) is 0 Å². The molecule has 0 heterocycles. The topological polar surface area (TPSA) is 69.7 Å². The summed E-state index contributed by atoms with van der Waals surface area (Å²) in [6.07, 6.45) is 0. The molecule has 0 spiro atoms. The quantitative estimate of drug-likeness (QED) is 0.267. The summed E-state index contributed by atoms with van der Waals surface area (Å²) < 4.78 is 10.1. The standard InChI is InChI=1S/C14H14O5/c1-8(2)14(17)19-11-6-5-10(7-12(11)18-4)13(16)9(3)15/h5-7H,1H2,2-4H3. The lowest BCUT2D eigenvalue weighted by Gasteiger charge is -2.10.